The van der Waals surface area contributed by atoms with Crippen molar-refractivity contribution in [1.29, 1.82) is 0 Å². The van der Waals surface area contributed by atoms with Gasteiger partial charge in [-0.2, -0.15) is 0 Å². The van der Waals surface area contributed by atoms with Crippen LogP contribution < -0.4 is 16.4 Å². The van der Waals surface area contributed by atoms with Crippen LogP contribution >= 0.6 is 24.8 Å². The number of rotatable bonds is 7. The fourth-order valence-corrected chi connectivity index (χ4v) is 2.20. The monoisotopic (exact) mass is 398 g/mol. The first-order valence-electron chi connectivity index (χ1n) is 7.85. The van der Waals surface area contributed by atoms with Gasteiger partial charge in [-0.3, -0.25) is 14.6 Å². The fourth-order valence-electron chi connectivity index (χ4n) is 2.20. The average Bonchev–Trinajstić information content (AvgIpc) is 2.62. The summed E-state index contributed by atoms with van der Waals surface area (Å²) in [6, 6.07) is 12.0. The molecule has 0 aliphatic heterocycles. The number of nitrogens with one attached hydrogen (secondary N) is 2. The molecule has 4 N–H and O–H groups in total. The lowest BCUT2D eigenvalue weighted by Crippen LogP contribution is -2.51. The van der Waals surface area contributed by atoms with Crippen LogP contribution in [-0.2, 0) is 11.2 Å². The zero-order valence-corrected chi connectivity index (χ0v) is 16.1. The highest BCUT2D eigenvalue weighted by atomic mass is 35.5. The molecule has 0 fully saturated rings. The molecule has 1 aromatic carbocycles. The summed E-state index contributed by atoms with van der Waals surface area (Å²) < 4.78 is 0. The number of benzene rings is 1. The van der Waals surface area contributed by atoms with Crippen molar-refractivity contribution < 1.29 is 9.59 Å². The van der Waals surface area contributed by atoms with Crippen molar-refractivity contribution in [2.45, 2.75) is 25.4 Å². The number of aromatic nitrogens is 1. The summed E-state index contributed by atoms with van der Waals surface area (Å²) in [5.41, 5.74) is 6.93. The normalized spacial score (nSPS) is 11.9. The van der Waals surface area contributed by atoms with E-state index in [2.05, 4.69) is 15.6 Å². The second-order valence-corrected chi connectivity index (χ2v) is 5.60. The van der Waals surface area contributed by atoms with Gasteiger partial charge in [-0.1, -0.05) is 30.3 Å². The molecule has 1 heterocycles. The lowest BCUT2D eigenvalue weighted by Gasteiger charge is -2.21. The molecule has 0 radical (unpaired) electrons. The molecule has 2 aromatic rings. The fraction of sp³-hybridized carbons (Fsp3) is 0.278. The first-order valence-corrected chi connectivity index (χ1v) is 7.85. The van der Waals surface area contributed by atoms with Gasteiger partial charge in [0.2, 0.25) is 5.91 Å². The van der Waals surface area contributed by atoms with Gasteiger partial charge in [0.1, 0.15) is 6.04 Å². The number of nitrogens with two attached hydrogens (primary N) is 1. The maximum Gasteiger partial charge on any atom is 0.253 e. The molecule has 2 atom stereocenters. The van der Waals surface area contributed by atoms with E-state index in [-0.39, 0.29) is 42.7 Å². The van der Waals surface area contributed by atoms with E-state index >= 15 is 0 Å². The summed E-state index contributed by atoms with van der Waals surface area (Å²) in [7, 11) is 0. The van der Waals surface area contributed by atoms with Crippen LogP contribution in [-0.4, -0.2) is 35.4 Å². The quantitative estimate of drug-likeness (QED) is 0.661. The van der Waals surface area contributed by atoms with E-state index in [1.807, 2.05) is 37.3 Å². The number of pyridine rings is 1. The Bertz CT molecular complexity index is 671. The molecule has 1 aromatic heterocycles. The van der Waals surface area contributed by atoms with E-state index in [4.69, 9.17) is 5.73 Å². The van der Waals surface area contributed by atoms with Crippen LogP contribution in [0.3, 0.4) is 0 Å². The van der Waals surface area contributed by atoms with Crippen LogP contribution in [0.25, 0.3) is 0 Å². The van der Waals surface area contributed by atoms with Gasteiger partial charge in [0.15, 0.2) is 0 Å². The van der Waals surface area contributed by atoms with Crippen molar-refractivity contribution in [2.75, 3.05) is 6.54 Å². The lowest BCUT2D eigenvalue weighted by atomic mass is 10.0. The first kappa shape index (κ1) is 23.9. The highest BCUT2D eigenvalue weighted by molar-refractivity contribution is 5.97. The number of nitrogens with zero attached hydrogens (tertiary/aromatic N) is 1. The van der Waals surface area contributed by atoms with E-state index in [9.17, 15) is 9.59 Å². The molecule has 0 spiro atoms. The summed E-state index contributed by atoms with van der Waals surface area (Å²) in [4.78, 5) is 28.8. The topological polar surface area (TPSA) is 97.1 Å². The maximum atomic E-state index is 12.5. The summed E-state index contributed by atoms with van der Waals surface area (Å²) in [5.74, 6) is -0.589. The van der Waals surface area contributed by atoms with Gasteiger partial charge in [-0.05, 0) is 24.6 Å². The Morgan fingerprint density at radius 2 is 1.77 bits per heavy atom. The zero-order valence-electron chi connectivity index (χ0n) is 14.4. The van der Waals surface area contributed by atoms with E-state index < -0.39 is 6.04 Å². The van der Waals surface area contributed by atoms with E-state index in [0.717, 1.165) is 5.56 Å². The highest BCUT2D eigenvalue weighted by Crippen LogP contribution is 2.05. The largest absolute Gasteiger partial charge is 0.351 e. The predicted molar refractivity (Wildman–Crippen MR) is 107 cm³/mol. The van der Waals surface area contributed by atoms with Gasteiger partial charge in [-0.25, -0.2) is 0 Å². The SMILES string of the molecule is C[C@@H](CN)NC(=O)C(Cc1ccccc1)NC(=O)c1cccnc1.Cl.Cl. The smallest absolute Gasteiger partial charge is 0.253 e. The molecule has 0 saturated heterocycles. The summed E-state index contributed by atoms with van der Waals surface area (Å²) in [5, 5.41) is 5.59. The highest BCUT2D eigenvalue weighted by Gasteiger charge is 2.22. The summed E-state index contributed by atoms with van der Waals surface area (Å²) in [6.45, 7) is 2.15. The van der Waals surface area contributed by atoms with Crippen LogP contribution in [0.4, 0.5) is 0 Å². The second kappa shape index (κ2) is 12.2. The Balaban J connectivity index is 0.00000312. The zero-order chi connectivity index (χ0) is 17.4. The van der Waals surface area contributed by atoms with Crippen molar-refractivity contribution >= 4 is 36.6 Å². The van der Waals surface area contributed by atoms with Crippen molar-refractivity contribution in [2.24, 2.45) is 5.73 Å². The Hall–Kier alpha value is -2.15. The Morgan fingerprint density at radius 3 is 2.35 bits per heavy atom. The van der Waals surface area contributed by atoms with Crippen LogP contribution in [0.2, 0.25) is 0 Å². The molecule has 142 valence electrons. The molecular formula is C18H24Cl2N4O2. The van der Waals surface area contributed by atoms with Crippen molar-refractivity contribution in [3.63, 3.8) is 0 Å². The molecule has 2 amide bonds. The molecule has 6 nitrogen and oxygen atoms in total. The van der Waals surface area contributed by atoms with Crippen LogP contribution in [0.1, 0.15) is 22.8 Å². The third kappa shape index (κ3) is 7.39. The molecule has 0 aliphatic carbocycles. The van der Waals surface area contributed by atoms with Gasteiger partial charge in [0.25, 0.3) is 5.91 Å². The van der Waals surface area contributed by atoms with Crippen molar-refractivity contribution in [3.05, 3.63) is 66.0 Å². The third-order valence-electron chi connectivity index (χ3n) is 3.57. The minimum absolute atomic E-state index is 0. The Labute approximate surface area is 165 Å². The minimum atomic E-state index is -0.686. The molecule has 1 unspecified atom stereocenters. The van der Waals surface area contributed by atoms with Gasteiger partial charge >= 0.3 is 0 Å². The molecule has 0 saturated carbocycles. The second-order valence-electron chi connectivity index (χ2n) is 5.60. The van der Waals surface area contributed by atoms with Crippen LogP contribution in [0.15, 0.2) is 54.9 Å². The molecular weight excluding hydrogens is 375 g/mol. The number of hydrogen-bond acceptors (Lipinski definition) is 4. The summed E-state index contributed by atoms with van der Waals surface area (Å²) >= 11 is 0. The van der Waals surface area contributed by atoms with Crippen molar-refractivity contribution in [1.82, 2.24) is 15.6 Å². The van der Waals surface area contributed by atoms with Gasteiger partial charge in [0.05, 0.1) is 5.56 Å². The third-order valence-corrected chi connectivity index (χ3v) is 3.57. The van der Waals surface area contributed by atoms with E-state index in [0.29, 0.717) is 18.5 Å². The number of amides is 2. The Morgan fingerprint density at radius 1 is 1.08 bits per heavy atom. The molecule has 0 aliphatic rings. The van der Waals surface area contributed by atoms with Crippen LogP contribution in [0, 0.1) is 0 Å². The van der Waals surface area contributed by atoms with Gasteiger partial charge in [-0.15, -0.1) is 24.8 Å². The van der Waals surface area contributed by atoms with E-state index in [1.54, 1.807) is 18.3 Å². The summed E-state index contributed by atoms with van der Waals surface area (Å²) in [6.07, 6.45) is 3.46. The van der Waals surface area contributed by atoms with Gasteiger partial charge in [0, 0.05) is 31.4 Å². The molecule has 26 heavy (non-hydrogen) atoms. The van der Waals surface area contributed by atoms with Crippen molar-refractivity contribution in [3.8, 4) is 0 Å². The first-order chi connectivity index (χ1) is 11.6. The minimum Gasteiger partial charge on any atom is -0.351 e. The molecule has 0 bridgehead atoms. The predicted octanol–water partition coefficient (Wildman–Crippen LogP) is 1.73. The molecule has 2 rings (SSSR count). The molecule has 8 heteroatoms. The lowest BCUT2D eigenvalue weighted by molar-refractivity contribution is -0.123. The van der Waals surface area contributed by atoms with Crippen LogP contribution in [0.5, 0.6) is 0 Å². The van der Waals surface area contributed by atoms with E-state index in [1.165, 1.54) is 6.20 Å². The van der Waals surface area contributed by atoms with Gasteiger partial charge < -0.3 is 16.4 Å². The maximum absolute atomic E-state index is 12.5. The Kier molecular flexibility index (Phi) is 11.2. The number of carbonyl (C=O) groups is 2. The number of carbonyl (C=O) groups excluding carboxylic acids is 2. The number of hydrogen-bond donors (Lipinski definition) is 3. The standard InChI is InChI=1S/C18H22N4O2.2ClH/c1-13(11-19)21-18(24)16(10-14-6-3-2-4-7-14)22-17(23)15-8-5-9-20-12-15;;/h2-9,12-13,16H,10-11,19H2,1H3,(H,21,24)(H,22,23);2*1H/t13-,16?;;/m0../s1. The number of halogens is 2. The average molecular weight is 399 g/mol.